The number of nitrogens with zero attached hydrogens (tertiary/aromatic N) is 1. The highest BCUT2D eigenvalue weighted by molar-refractivity contribution is 9.09. The average molecular weight is 350 g/mol. The van der Waals surface area contributed by atoms with E-state index < -0.39 is 0 Å². The lowest BCUT2D eigenvalue weighted by Gasteiger charge is -2.17. The van der Waals surface area contributed by atoms with Crippen molar-refractivity contribution in [3.05, 3.63) is 53.1 Å². The number of rotatable bonds is 3. The zero-order valence-corrected chi connectivity index (χ0v) is 12.9. The molecule has 2 unspecified atom stereocenters. The maximum atomic E-state index is 11.9. The van der Waals surface area contributed by atoms with Crippen LogP contribution in [0.5, 0.6) is 0 Å². The molecule has 2 atom stereocenters. The van der Waals surface area contributed by atoms with E-state index in [0.717, 1.165) is 16.7 Å². The van der Waals surface area contributed by atoms with Crippen LogP contribution < -0.4 is 5.73 Å². The molecule has 1 aliphatic rings. The summed E-state index contributed by atoms with van der Waals surface area (Å²) in [6.45, 7) is 0. The first kappa shape index (κ1) is 13.5. The normalized spacial score (nSPS) is 18.9. The number of halogens is 1. The average Bonchev–Trinajstić information content (AvgIpc) is 3.01. The van der Waals surface area contributed by atoms with Gasteiger partial charge in [0.15, 0.2) is 5.78 Å². The molecular formula is C14H12BrN3OS. The number of nitrogens with two attached hydrogens (primary N) is 1. The van der Waals surface area contributed by atoms with Gasteiger partial charge in [0.2, 0.25) is 0 Å². The van der Waals surface area contributed by atoms with Gasteiger partial charge in [0, 0.05) is 18.8 Å². The fourth-order valence-electron chi connectivity index (χ4n) is 2.64. The Labute approximate surface area is 129 Å². The Hall–Kier alpha value is -1.53. The number of alkyl halides is 1. The molecule has 20 heavy (non-hydrogen) atoms. The number of ketones is 1. The highest BCUT2D eigenvalue weighted by Gasteiger charge is 2.33. The zero-order chi connectivity index (χ0) is 14.3. The van der Waals surface area contributed by atoms with Crippen molar-refractivity contribution in [2.45, 2.75) is 17.2 Å². The summed E-state index contributed by atoms with van der Waals surface area (Å²) in [5, 5.41) is 0. The molecule has 2 aromatic rings. The molecule has 1 aromatic heterocycles. The van der Waals surface area contributed by atoms with Crippen molar-refractivity contribution in [2.24, 2.45) is 5.73 Å². The van der Waals surface area contributed by atoms with Crippen molar-refractivity contribution in [1.82, 2.24) is 9.97 Å². The highest BCUT2D eigenvalue weighted by Crippen LogP contribution is 2.39. The molecule has 0 saturated heterocycles. The van der Waals surface area contributed by atoms with E-state index in [0.29, 0.717) is 17.2 Å². The Morgan fingerprint density at radius 1 is 1.55 bits per heavy atom. The van der Waals surface area contributed by atoms with E-state index >= 15 is 0 Å². The van der Waals surface area contributed by atoms with Gasteiger partial charge in [-0.1, -0.05) is 46.3 Å². The highest BCUT2D eigenvalue weighted by atomic mass is 79.9. The minimum absolute atomic E-state index is 0.161. The Bertz CT molecular complexity index is 684. The SMILES string of the molecule is NC(=S)C(c1ncc[nH]1)c1cccc2c1CC(=O)C2Br. The monoisotopic (exact) mass is 349 g/mol. The maximum absolute atomic E-state index is 11.9. The van der Waals surface area contributed by atoms with Gasteiger partial charge in [-0.05, 0) is 16.7 Å². The molecule has 1 heterocycles. The topological polar surface area (TPSA) is 71.8 Å². The number of aromatic amines is 1. The molecule has 102 valence electrons. The van der Waals surface area contributed by atoms with Crippen molar-refractivity contribution in [1.29, 1.82) is 0 Å². The standard InChI is InChI=1S/C14H12BrN3OS/c15-12-8-3-1-2-7(9(8)6-10(12)19)11(13(16)20)14-17-4-5-18-14/h1-5,11-12H,6H2,(H2,16,20)(H,17,18). The molecule has 0 amide bonds. The van der Waals surface area contributed by atoms with Gasteiger partial charge in [-0.25, -0.2) is 4.98 Å². The number of aromatic nitrogens is 2. The minimum atomic E-state index is -0.291. The summed E-state index contributed by atoms with van der Waals surface area (Å²) in [7, 11) is 0. The van der Waals surface area contributed by atoms with E-state index in [1.165, 1.54) is 0 Å². The maximum Gasteiger partial charge on any atom is 0.155 e. The van der Waals surface area contributed by atoms with Crippen LogP contribution in [-0.2, 0) is 11.2 Å². The number of thiocarbonyl (C=S) groups is 1. The number of H-pyrrole nitrogens is 1. The fraction of sp³-hybridized carbons (Fsp3) is 0.214. The second-order valence-corrected chi connectivity index (χ2v) is 6.12. The molecule has 0 fully saturated rings. The van der Waals surface area contributed by atoms with Crippen LogP contribution in [0.3, 0.4) is 0 Å². The molecule has 0 aliphatic heterocycles. The van der Waals surface area contributed by atoms with Crippen LogP contribution in [0.1, 0.15) is 33.3 Å². The van der Waals surface area contributed by atoms with Crippen molar-refractivity contribution in [3.63, 3.8) is 0 Å². The molecule has 0 radical (unpaired) electrons. The largest absolute Gasteiger partial charge is 0.392 e. The van der Waals surface area contributed by atoms with E-state index in [1.54, 1.807) is 12.4 Å². The van der Waals surface area contributed by atoms with Crippen LogP contribution in [0.15, 0.2) is 30.6 Å². The number of fused-ring (bicyclic) bond motifs is 1. The van der Waals surface area contributed by atoms with Gasteiger partial charge in [0.25, 0.3) is 0 Å². The van der Waals surface area contributed by atoms with Crippen molar-refractivity contribution in [3.8, 4) is 0 Å². The number of Topliss-reactive ketones (excluding diaryl/α,β-unsaturated/α-hetero) is 1. The van der Waals surface area contributed by atoms with Crippen LogP contribution in [0.4, 0.5) is 0 Å². The molecule has 4 nitrogen and oxygen atoms in total. The number of carbonyl (C=O) groups excluding carboxylic acids is 1. The minimum Gasteiger partial charge on any atom is -0.392 e. The Kier molecular flexibility index (Phi) is 3.43. The first-order valence-electron chi connectivity index (χ1n) is 6.16. The van der Waals surface area contributed by atoms with E-state index in [-0.39, 0.29) is 16.5 Å². The lowest BCUT2D eigenvalue weighted by atomic mass is 9.91. The summed E-state index contributed by atoms with van der Waals surface area (Å²) in [5.74, 6) is 0.575. The number of hydrogen-bond acceptors (Lipinski definition) is 3. The fourth-order valence-corrected chi connectivity index (χ4v) is 3.47. The van der Waals surface area contributed by atoms with E-state index in [4.69, 9.17) is 18.0 Å². The lowest BCUT2D eigenvalue weighted by molar-refractivity contribution is -0.117. The third kappa shape index (κ3) is 2.09. The second kappa shape index (κ2) is 5.10. The molecule has 1 aromatic carbocycles. The number of nitrogens with one attached hydrogen (secondary N) is 1. The lowest BCUT2D eigenvalue weighted by Crippen LogP contribution is -2.22. The van der Waals surface area contributed by atoms with Crippen LogP contribution >= 0.6 is 28.1 Å². The number of carbonyl (C=O) groups is 1. The first-order valence-corrected chi connectivity index (χ1v) is 7.49. The summed E-state index contributed by atoms with van der Waals surface area (Å²) in [6, 6.07) is 5.85. The van der Waals surface area contributed by atoms with Gasteiger partial charge in [-0.3, -0.25) is 4.79 Å². The van der Waals surface area contributed by atoms with Crippen LogP contribution in [-0.4, -0.2) is 20.7 Å². The van der Waals surface area contributed by atoms with Crippen molar-refractivity contribution < 1.29 is 4.79 Å². The van der Waals surface area contributed by atoms with Crippen LogP contribution in [0.2, 0.25) is 0 Å². The summed E-state index contributed by atoms with van der Waals surface area (Å²) < 4.78 is 0. The molecular weight excluding hydrogens is 338 g/mol. The van der Waals surface area contributed by atoms with Gasteiger partial charge in [0.1, 0.15) is 5.82 Å². The third-order valence-corrected chi connectivity index (χ3v) is 4.78. The molecule has 6 heteroatoms. The van der Waals surface area contributed by atoms with E-state index in [9.17, 15) is 4.79 Å². The number of benzene rings is 1. The summed E-state index contributed by atoms with van der Waals surface area (Å²) >= 11 is 8.63. The molecule has 3 rings (SSSR count). The van der Waals surface area contributed by atoms with Gasteiger partial charge >= 0.3 is 0 Å². The second-order valence-electron chi connectivity index (χ2n) is 4.73. The van der Waals surface area contributed by atoms with Crippen LogP contribution in [0, 0.1) is 0 Å². The Balaban J connectivity index is 2.15. The molecule has 1 aliphatic carbocycles. The van der Waals surface area contributed by atoms with Crippen molar-refractivity contribution >= 4 is 38.9 Å². The number of imidazole rings is 1. The van der Waals surface area contributed by atoms with Crippen LogP contribution in [0.25, 0.3) is 0 Å². The summed E-state index contributed by atoms with van der Waals surface area (Å²) in [4.78, 5) is 19.4. The molecule has 3 N–H and O–H groups in total. The summed E-state index contributed by atoms with van der Waals surface area (Å²) in [5.41, 5.74) is 8.86. The van der Waals surface area contributed by atoms with Crippen molar-refractivity contribution in [2.75, 3.05) is 0 Å². The molecule has 0 saturated carbocycles. The summed E-state index contributed by atoms with van der Waals surface area (Å²) in [6.07, 6.45) is 3.81. The predicted molar refractivity (Wildman–Crippen MR) is 84.0 cm³/mol. The van der Waals surface area contributed by atoms with Gasteiger partial charge in [-0.2, -0.15) is 0 Å². The zero-order valence-electron chi connectivity index (χ0n) is 10.5. The quantitative estimate of drug-likeness (QED) is 0.659. The Morgan fingerprint density at radius 2 is 2.35 bits per heavy atom. The molecule has 0 spiro atoms. The van der Waals surface area contributed by atoms with Gasteiger partial charge in [0.05, 0.1) is 15.7 Å². The third-order valence-electron chi connectivity index (χ3n) is 3.54. The molecule has 0 bridgehead atoms. The Morgan fingerprint density at radius 3 is 3.00 bits per heavy atom. The first-order chi connectivity index (χ1) is 9.59. The van der Waals surface area contributed by atoms with E-state index in [2.05, 4.69) is 25.9 Å². The van der Waals surface area contributed by atoms with Gasteiger partial charge < -0.3 is 10.7 Å². The van der Waals surface area contributed by atoms with Gasteiger partial charge in [-0.15, -0.1) is 0 Å². The predicted octanol–water partition coefficient (Wildman–Crippen LogP) is 2.39. The number of hydrogen-bond donors (Lipinski definition) is 2. The smallest absolute Gasteiger partial charge is 0.155 e. The van der Waals surface area contributed by atoms with E-state index in [1.807, 2.05) is 18.2 Å².